The number of aliphatic carboxylic acids is 1. The molecule has 21 heavy (non-hydrogen) atoms. The Labute approximate surface area is 125 Å². The summed E-state index contributed by atoms with van der Waals surface area (Å²) in [6.45, 7) is 5.09. The molecule has 1 saturated heterocycles. The Bertz CT molecular complexity index is 414. The molecule has 1 atom stereocenters. The minimum atomic E-state index is -0.813. The molecule has 0 radical (unpaired) electrons. The largest absolute Gasteiger partial charge is 0.481 e. The van der Waals surface area contributed by atoms with Crippen molar-refractivity contribution in [3.05, 3.63) is 0 Å². The van der Waals surface area contributed by atoms with E-state index in [2.05, 4.69) is 5.32 Å². The van der Waals surface area contributed by atoms with E-state index in [0.717, 1.165) is 19.3 Å². The first kappa shape index (κ1) is 16.1. The maximum Gasteiger partial charge on any atom is 0.317 e. The maximum atomic E-state index is 12.2. The van der Waals surface area contributed by atoms with Crippen molar-refractivity contribution in [2.45, 2.75) is 45.1 Å². The highest BCUT2D eigenvalue weighted by atomic mass is 16.5. The van der Waals surface area contributed by atoms with Gasteiger partial charge in [-0.2, -0.15) is 0 Å². The van der Waals surface area contributed by atoms with Crippen molar-refractivity contribution in [2.75, 3.05) is 26.7 Å². The van der Waals surface area contributed by atoms with Gasteiger partial charge < -0.3 is 20.1 Å². The molecular weight excluding hydrogens is 272 g/mol. The van der Waals surface area contributed by atoms with Gasteiger partial charge in [-0.25, -0.2) is 4.79 Å². The van der Waals surface area contributed by atoms with Crippen LogP contribution in [0.25, 0.3) is 0 Å². The summed E-state index contributed by atoms with van der Waals surface area (Å²) >= 11 is 0. The van der Waals surface area contributed by atoms with Gasteiger partial charge in [-0.15, -0.1) is 0 Å². The van der Waals surface area contributed by atoms with Crippen molar-refractivity contribution >= 4 is 12.0 Å². The van der Waals surface area contributed by atoms with Gasteiger partial charge in [0, 0.05) is 26.7 Å². The molecule has 1 aliphatic carbocycles. The Morgan fingerprint density at radius 2 is 2.00 bits per heavy atom. The van der Waals surface area contributed by atoms with E-state index in [-0.39, 0.29) is 24.1 Å². The number of carboxylic acid groups (broad SMARTS) is 1. The summed E-state index contributed by atoms with van der Waals surface area (Å²) in [5.74, 6) is -0.801. The average molecular weight is 298 g/mol. The van der Waals surface area contributed by atoms with Crippen LogP contribution in [-0.4, -0.2) is 54.4 Å². The van der Waals surface area contributed by atoms with Crippen molar-refractivity contribution in [3.8, 4) is 0 Å². The van der Waals surface area contributed by atoms with Crippen molar-refractivity contribution in [3.63, 3.8) is 0 Å². The molecule has 0 spiro atoms. The highest BCUT2D eigenvalue weighted by molar-refractivity contribution is 5.80. The lowest BCUT2D eigenvalue weighted by Crippen LogP contribution is -2.52. The third kappa shape index (κ3) is 2.86. The molecule has 2 rings (SSSR count). The minimum absolute atomic E-state index is 0.00440. The van der Waals surface area contributed by atoms with Crippen LogP contribution in [-0.2, 0) is 9.53 Å². The monoisotopic (exact) mass is 298 g/mol. The van der Waals surface area contributed by atoms with Crippen LogP contribution in [0.5, 0.6) is 0 Å². The quantitative estimate of drug-likeness (QED) is 0.809. The van der Waals surface area contributed by atoms with Gasteiger partial charge in [0.2, 0.25) is 0 Å². The third-order valence-electron chi connectivity index (χ3n) is 5.38. The van der Waals surface area contributed by atoms with Crippen molar-refractivity contribution < 1.29 is 19.4 Å². The fourth-order valence-electron chi connectivity index (χ4n) is 3.27. The minimum Gasteiger partial charge on any atom is -0.481 e. The van der Waals surface area contributed by atoms with Gasteiger partial charge in [0.05, 0.1) is 11.0 Å². The number of ether oxygens (including phenoxy) is 1. The summed E-state index contributed by atoms with van der Waals surface area (Å²) in [4.78, 5) is 25.4. The Morgan fingerprint density at radius 1 is 1.33 bits per heavy atom. The van der Waals surface area contributed by atoms with Crippen molar-refractivity contribution in [1.82, 2.24) is 10.2 Å². The standard InChI is InChI=1S/C15H26N2O4/c1-11(2)15(12(18)19)7-8-17(10-15)13(20)16-9-14(21-3)5-4-6-14/h11H,4-10H2,1-3H3,(H,16,20)(H,18,19). The number of hydrogen-bond acceptors (Lipinski definition) is 3. The molecule has 1 unspecified atom stereocenters. The van der Waals surface area contributed by atoms with Crippen LogP contribution >= 0.6 is 0 Å². The zero-order valence-corrected chi connectivity index (χ0v) is 13.1. The van der Waals surface area contributed by atoms with E-state index >= 15 is 0 Å². The number of nitrogens with one attached hydrogen (secondary N) is 1. The lowest BCUT2D eigenvalue weighted by molar-refractivity contribution is -0.150. The number of carbonyl (C=O) groups is 2. The molecule has 2 amide bonds. The van der Waals surface area contributed by atoms with Crippen LogP contribution in [0, 0.1) is 11.3 Å². The first-order chi connectivity index (χ1) is 9.85. The number of hydrogen-bond donors (Lipinski definition) is 2. The predicted molar refractivity (Wildman–Crippen MR) is 78.1 cm³/mol. The van der Waals surface area contributed by atoms with E-state index in [0.29, 0.717) is 19.5 Å². The predicted octanol–water partition coefficient (Wildman–Crippen LogP) is 1.70. The number of carbonyl (C=O) groups excluding carboxylic acids is 1. The lowest BCUT2D eigenvalue weighted by atomic mass is 9.76. The second kappa shape index (κ2) is 5.83. The maximum absolute atomic E-state index is 12.2. The lowest BCUT2D eigenvalue weighted by Gasteiger charge is -2.40. The molecule has 0 aromatic carbocycles. The summed E-state index contributed by atoms with van der Waals surface area (Å²) in [6, 6.07) is -0.179. The van der Waals surface area contributed by atoms with E-state index in [9.17, 15) is 14.7 Å². The second-order valence-electron chi connectivity index (χ2n) is 6.69. The molecular formula is C15H26N2O4. The van der Waals surface area contributed by atoms with Crippen LogP contribution in [0.3, 0.4) is 0 Å². The Kier molecular flexibility index (Phi) is 4.46. The molecule has 6 heteroatoms. The van der Waals surface area contributed by atoms with Crippen molar-refractivity contribution in [2.24, 2.45) is 11.3 Å². The molecule has 0 aromatic rings. The fraction of sp³-hybridized carbons (Fsp3) is 0.867. The van der Waals surface area contributed by atoms with Crippen LogP contribution in [0.1, 0.15) is 39.5 Å². The zero-order valence-electron chi connectivity index (χ0n) is 13.1. The van der Waals surface area contributed by atoms with E-state index < -0.39 is 11.4 Å². The first-order valence-corrected chi connectivity index (χ1v) is 7.66. The molecule has 6 nitrogen and oxygen atoms in total. The van der Waals surface area contributed by atoms with Gasteiger partial charge in [-0.05, 0) is 31.6 Å². The number of nitrogens with zero attached hydrogens (tertiary/aromatic N) is 1. The Balaban J connectivity index is 1.91. The van der Waals surface area contributed by atoms with Crippen molar-refractivity contribution in [1.29, 1.82) is 0 Å². The van der Waals surface area contributed by atoms with Gasteiger partial charge in [-0.3, -0.25) is 4.79 Å². The molecule has 1 saturated carbocycles. The molecule has 2 fully saturated rings. The highest BCUT2D eigenvalue weighted by Crippen LogP contribution is 2.38. The van der Waals surface area contributed by atoms with Crippen LogP contribution in [0.15, 0.2) is 0 Å². The van der Waals surface area contributed by atoms with Crippen LogP contribution < -0.4 is 5.32 Å². The van der Waals surface area contributed by atoms with Gasteiger partial charge in [0.15, 0.2) is 0 Å². The van der Waals surface area contributed by atoms with Gasteiger partial charge in [0.1, 0.15) is 0 Å². The summed E-state index contributed by atoms with van der Waals surface area (Å²) < 4.78 is 5.48. The number of carboxylic acids is 1. The second-order valence-corrected chi connectivity index (χ2v) is 6.69. The summed E-state index contributed by atoms with van der Waals surface area (Å²) in [5, 5.41) is 12.4. The number of urea groups is 1. The van der Waals surface area contributed by atoms with E-state index in [1.54, 1.807) is 12.0 Å². The summed E-state index contributed by atoms with van der Waals surface area (Å²) in [6.07, 6.45) is 3.58. The van der Waals surface area contributed by atoms with E-state index in [1.807, 2.05) is 13.8 Å². The molecule has 0 aromatic heterocycles. The average Bonchev–Trinajstić information content (AvgIpc) is 2.84. The SMILES string of the molecule is COC1(CNC(=O)N2CCC(C(=O)O)(C(C)C)C2)CCC1. The van der Waals surface area contributed by atoms with Gasteiger partial charge in [-0.1, -0.05) is 13.8 Å². The number of amides is 2. The van der Waals surface area contributed by atoms with Gasteiger partial charge >= 0.3 is 12.0 Å². The first-order valence-electron chi connectivity index (χ1n) is 7.66. The molecule has 0 bridgehead atoms. The topological polar surface area (TPSA) is 78.9 Å². The molecule has 1 aliphatic heterocycles. The molecule has 2 aliphatic rings. The normalized spacial score (nSPS) is 27.5. The van der Waals surface area contributed by atoms with Crippen LogP contribution in [0.2, 0.25) is 0 Å². The highest BCUT2D eigenvalue weighted by Gasteiger charge is 2.48. The smallest absolute Gasteiger partial charge is 0.317 e. The van der Waals surface area contributed by atoms with Gasteiger partial charge in [0.25, 0.3) is 0 Å². The number of rotatable bonds is 5. The van der Waals surface area contributed by atoms with E-state index in [4.69, 9.17) is 4.74 Å². The van der Waals surface area contributed by atoms with E-state index in [1.165, 1.54) is 0 Å². The summed E-state index contributed by atoms with van der Waals surface area (Å²) in [5.41, 5.74) is -1.02. The molecule has 1 heterocycles. The fourth-order valence-corrected chi connectivity index (χ4v) is 3.27. The third-order valence-corrected chi connectivity index (χ3v) is 5.38. The van der Waals surface area contributed by atoms with Crippen LogP contribution in [0.4, 0.5) is 4.79 Å². The zero-order chi connectivity index (χ0) is 15.7. The summed E-state index contributed by atoms with van der Waals surface area (Å²) in [7, 11) is 1.68. The molecule has 120 valence electrons. The molecule has 2 N–H and O–H groups in total. The number of methoxy groups -OCH3 is 1. The number of likely N-dealkylation sites (tertiary alicyclic amines) is 1. The Hall–Kier alpha value is -1.30. The Morgan fingerprint density at radius 3 is 2.38 bits per heavy atom.